The monoisotopic (exact) mass is 198 g/mol. The fraction of sp³-hybridized carbons (Fsp3) is 1.00. The fourth-order valence-corrected chi connectivity index (χ4v) is 2.33. The van der Waals surface area contributed by atoms with E-state index < -0.39 is 0 Å². The molecule has 2 heteroatoms. The summed E-state index contributed by atoms with van der Waals surface area (Å²) in [6.07, 6.45) is 9.07. The zero-order valence-electron chi connectivity index (χ0n) is 9.76. The Morgan fingerprint density at radius 1 is 1.36 bits per heavy atom. The molecule has 1 unspecified atom stereocenters. The van der Waals surface area contributed by atoms with Crippen LogP contribution in [0.15, 0.2) is 0 Å². The molecule has 3 N–H and O–H groups in total. The molecular formula is C12H26N2. The van der Waals surface area contributed by atoms with E-state index in [9.17, 15) is 0 Å². The lowest BCUT2D eigenvalue weighted by Crippen LogP contribution is -2.50. The fourth-order valence-electron chi connectivity index (χ4n) is 2.33. The zero-order valence-corrected chi connectivity index (χ0v) is 9.76. The van der Waals surface area contributed by atoms with Crippen molar-refractivity contribution in [3.8, 4) is 0 Å². The van der Waals surface area contributed by atoms with Crippen molar-refractivity contribution in [3.05, 3.63) is 0 Å². The normalized spacial score (nSPS) is 30.2. The molecule has 0 saturated heterocycles. The molecule has 1 saturated carbocycles. The van der Waals surface area contributed by atoms with Crippen LogP contribution in [0.1, 0.15) is 58.8 Å². The maximum atomic E-state index is 6.09. The topological polar surface area (TPSA) is 38.0 Å². The van der Waals surface area contributed by atoms with Gasteiger partial charge in [0.15, 0.2) is 0 Å². The molecule has 84 valence electrons. The number of nitrogens with one attached hydrogen (secondary N) is 1. The van der Waals surface area contributed by atoms with Crippen LogP contribution >= 0.6 is 0 Å². The van der Waals surface area contributed by atoms with E-state index in [1.165, 1.54) is 44.9 Å². The molecule has 14 heavy (non-hydrogen) atoms. The van der Waals surface area contributed by atoms with Crippen LogP contribution in [-0.4, -0.2) is 18.1 Å². The van der Waals surface area contributed by atoms with Gasteiger partial charge in [0, 0.05) is 18.1 Å². The average molecular weight is 198 g/mol. The highest BCUT2D eigenvalue weighted by Gasteiger charge is 2.22. The third-order valence-electron chi connectivity index (χ3n) is 3.31. The van der Waals surface area contributed by atoms with Gasteiger partial charge in [0.25, 0.3) is 0 Å². The highest BCUT2D eigenvalue weighted by atomic mass is 15.0. The Labute approximate surface area is 88.6 Å². The second-order valence-corrected chi connectivity index (χ2v) is 4.76. The second kappa shape index (κ2) is 6.41. The van der Waals surface area contributed by atoms with Crippen molar-refractivity contribution in [3.63, 3.8) is 0 Å². The van der Waals surface area contributed by atoms with Crippen molar-refractivity contribution in [1.82, 2.24) is 5.32 Å². The van der Waals surface area contributed by atoms with Gasteiger partial charge < -0.3 is 11.1 Å². The molecular weight excluding hydrogens is 172 g/mol. The van der Waals surface area contributed by atoms with Crippen molar-refractivity contribution >= 4 is 0 Å². The first kappa shape index (κ1) is 12.0. The molecule has 0 aliphatic heterocycles. The van der Waals surface area contributed by atoms with Crippen molar-refractivity contribution < 1.29 is 0 Å². The quantitative estimate of drug-likeness (QED) is 0.712. The number of rotatable bonds is 5. The predicted molar refractivity (Wildman–Crippen MR) is 62.4 cm³/mol. The highest BCUT2D eigenvalue weighted by molar-refractivity contribution is 4.85. The molecule has 0 aromatic rings. The van der Waals surface area contributed by atoms with E-state index in [2.05, 4.69) is 19.2 Å². The molecule has 1 aliphatic carbocycles. The Balaban J connectivity index is 2.20. The maximum Gasteiger partial charge on any atom is 0.0221 e. The van der Waals surface area contributed by atoms with Crippen LogP contribution in [0.5, 0.6) is 0 Å². The summed E-state index contributed by atoms with van der Waals surface area (Å²) in [4.78, 5) is 0. The van der Waals surface area contributed by atoms with E-state index in [-0.39, 0.29) is 0 Å². The highest BCUT2D eigenvalue weighted by Crippen LogP contribution is 2.17. The van der Waals surface area contributed by atoms with Crippen LogP contribution < -0.4 is 11.1 Å². The molecule has 3 atom stereocenters. The van der Waals surface area contributed by atoms with Gasteiger partial charge in [0.1, 0.15) is 0 Å². The molecule has 0 radical (unpaired) electrons. The summed E-state index contributed by atoms with van der Waals surface area (Å²) in [6, 6.07) is 1.62. The molecule has 1 rings (SSSR count). The minimum absolute atomic E-state index is 0.396. The van der Waals surface area contributed by atoms with E-state index in [1.807, 2.05) is 0 Å². The van der Waals surface area contributed by atoms with Crippen LogP contribution in [0, 0.1) is 0 Å². The van der Waals surface area contributed by atoms with Crippen molar-refractivity contribution in [2.75, 3.05) is 0 Å². The number of unbranched alkanes of at least 4 members (excludes halogenated alkanes) is 1. The van der Waals surface area contributed by atoms with E-state index in [0.29, 0.717) is 18.1 Å². The largest absolute Gasteiger partial charge is 0.326 e. The van der Waals surface area contributed by atoms with Gasteiger partial charge in [-0.3, -0.25) is 0 Å². The Hall–Kier alpha value is -0.0800. The molecule has 0 aromatic carbocycles. The SMILES string of the molecule is CCCCC(C)N[C@@H]1CCCC[C@H]1N. The van der Waals surface area contributed by atoms with Gasteiger partial charge in [-0.25, -0.2) is 0 Å². The molecule has 2 nitrogen and oxygen atoms in total. The first-order chi connectivity index (χ1) is 6.74. The summed E-state index contributed by atoms with van der Waals surface area (Å²) in [6.45, 7) is 4.54. The summed E-state index contributed by atoms with van der Waals surface area (Å²) in [7, 11) is 0. The standard InChI is InChI=1S/C12H26N2/c1-3-4-7-10(2)14-12-9-6-5-8-11(12)13/h10-12,14H,3-9,13H2,1-2H3/t10?,11-,12-/m1/s1. The summed E-state index contributed by atoms with van der Waals surface area (Å²) < 4.78 is 0. The van der Waals surface area contributed by atoms with E-state index in [0.717, 1.165) is 0 Å². The van der Waals surface area contributed by atoms with Gasteiger partial charge in [0.2, 0.25) is 0 Å². The van der Waals surface area contributed by atoms with Gasteiger partial charge in [-0.2, -0.15) is 0 Å². The van der Waals surface area contributed by atoms with Gasteiger partial charge in [-0.05, 0) is 26.2 Å². The second-order valence-electron chi connectivity index (χ2n) is 4.76. The lowest BCUT2D eigenvalue weighted by Gasteiger charge is -2.32. The minimum Gasteiger partial charge on any atom is -0.326 e. The number of nitrogens with two attached hydrogens (primary N) is 1. The lowest BCUT2D eigenvalue weighted by molar-refractivity contribution is 0.298. The van der Waals surface area contributed by atoms with E-state index in [1.54, 1.807) is 0 Å². The van der Waals surface area contributed by atoms with Crippen LogP contribution in [0.4, 0.5) is 0 Å². The Bertz CT molecular complexity index is 147. The number of hydrogen-bond acceptors (Lipinski definition) is 2. The van der Waals surface area contributed by atoms with Crippen LogP contribution in [0.3, 0.4) is 0 Å². The minimum atomic E-state index is 0.396. The van der Waals surface area contributed by atoms with Gasteiger partial charge in [0.05, 0.1) is 0 Å². The maximum absolute atomic E-state index is 6.09. The van der Waals surface area contributed by atoms with Crippen LogP contribution in [0.25, 0.3) is 0 Å². The summed E-state index contributed by atoms with van der Waals surface area (Å²) in [5, 5.41) is 3.68. The summed E-state index contributed by atoms with van der Waals surface area (Å²) in [5.41, 5.74) is 6.09. The lowest BCUT2D eigenvalue weighted by atomic mass is 9.90. The van der Waals surface area contributed by atoms with Crippen LogP contribution in [-0.2, 0) is 0 Å². The Morgan fingerprint density at radius 2 is 2.07 bits per heavy atom. The number of hydrogen-bond donors (Lipinski definition) is 2. The van der Waals surface area contributed by atoms with Crippen LogP contribution in [0.2, 0.25) is 0 Å². The molecule has 1 aliphatic rings. The summed E-state index contributed by atoms with van der Waals surface area (Å²) >= 11 is 0. The third kappa shape index (κ3) is 3.97. The average Bonchev–Trinajstić information content (AvgIpc) is 2.18. The van der Waals surface area contributed by atoms with Gasteiger partial charge in [-0.15, -0.1) is 0 Å². The third-order valence-corrected chi connectivity index (χ3v) is 3.31. The van der Waals surface area contributed by atoms with Crippen molar-refractivity contribution in [1.29, 1.82) is 0 Å². The zero-order chi connectivity index (χ0) is 10.4. The van der Waals surface area contributed by atoms with E-state index >= 15 is 0 Å². The molecule has 0 amide bonds. The van der Waals surface area contributed by atoms with Crippen molar-refractivity contribution in [2.45, 2.75) is 76.9 Å². The molecule has 1 fully saturated rings. The predicted octanol–water partition coefficient (Wildman–Crippen LogP) is 2.42. The molecule has 0 aromatic heterocycles. The molecule has 0 bridgehead atoms. The first-order valence-electron chi connectivity index (χ1n) is 6.25. The van der Waals surface area contributed by atoms with Gasteiger partial charge >= 0.3 is 0 Å². The van der Waals surface area contributed by atoms with E-state index in [4.69, 9.17) is 5.73 Å². The smallest absolute Gasteiger partial charge is 0.0221 e. The first-order valence-corrected chi connectivity index (χ1v) is 6.25. The summed E-state index contributed by atoms with van der Waals surface area (Å²) in [5.74, 6) is 0. The molecule has 0 spiro atoms. The Kier molecular flexibility index (Phi) is 5.49. The van der Waals surface area contributed by atoms with Crippen molar-refractivity contribution in [2.24, 2.45) is 5.73 Å². The molecule has 0 heterocycles. The van der Waals surface area contributed by atoms with Gasteiger partial charge in [-0.1, -0.05) is 32.6 Å². The Morgan fingerprint density at radius 3 is 2.71 bits per heavy atom.